The molecule has 5 nitrogen and oxygen atoms in total. The normalized spacial score (nSPS) is 33.2. The van der Waals surface area contributed by atoms with Crippen molar-refractivity contribution < 1.29 is 8.42 Å². The van der Waals surface area contributed by atoms with Gasteiger partial charge in [-0.3, -0.25) is 0 Å². The second-order valence-corrected chi connectivity index (χ2v) is 8.35. The van der Waals surface area contributed by atoms with Gasteiger partial charge in [0.25, 0.3) is 10.2 Å². The van der Waals surface area contributed by atoms with Gasteiger partial charge in [-0.05, 0) is 51.1 Å². The molecule has 0 spiro atoms. The van der Waals surface area contributed by atoms with Gasteiger partial charge < -0.3 is 5.32 Å². The Balaban J connectivity index is 2.05. The topological polar surface area (TPSA) is 61.4 Å². The van der Waals surface area contributed by atoms with E-state index in [0.717, 1.165) is 32.4 Å². The van der Waals surface area contributed by atoms with Gasteiger partial charge in [-0.1, -0.05) is 13.8 Å². The van der Waals surface area contributed by atoms with Crippen molar-refractivity contribution in [3.05, 3.63) is 0 Å². The molecule has 0 amide bonds. The maximum Gasteiger partial charge on any atom is 0.279 e. The molecule has 2 fully saturated rings. The van der Waals surface area contributed by atoms with E-state index in [9.17, 15) is 8.42 Å². The van der Waals surface area contributed by atoms with Crippen LogP contribution in [0.2, 0.25) is 0 Å². The molecule has 0 saturated carbocycles. The van der Waals surface area contributed by atoms with Gasteiger partial charge in [0.1, 0.15) is 0 Å². The van der Waals surface area contributed by atoms with Crippen molar-refractivity contribution in [2.75, 3.05) is 26.2 Å². The van der Waals surface area contributed by atoms with Crippen LogP contribution in [0.1, 0.15) is 40.0 Å². The van der Waals surface area contributed by atoms with Gasteiger partial charge in [-0.15, -0.1) is 0 Å². The Morgan fingerprint density at radius 2 is 1.68 bits per heavy atom. The summed E-state index contributed by atoms with van der Waals surface area (Å²) in [6.07, 6.45) is 2.82. The molecule has 0 aromatic carbocycles. The minimum absolute atomic E-state index is 0.298. The van der Waals surface area contributed by atoms with Crippen LogP contribution in [0.25, 0.3) is 0 Å². The van der Waals surface area contributed by atoms with Gasteiger partial charge in [0, 0.05) is 18.6 Å². The van der Waals surface area contributed by atoms with Gasteiger partial charge in [0.15, 0.2) is 0 Å². The molecule has 2 heterocycles. The van der Waals surface area contributed by atoms with Gasteiger partial charge in [0.2, 0.25) is 0 Å². The molecule has 2 aliphatic rings. The number of hydrogen-bond acceptors (Lipinski definition) is 3. The Hall–Kier alpha value is -0.170. The molecule has 6 heteroatoms. The summed E-state index contributed by atoms with van der Waals surface area (Å²) >= 11 is 0. The Kier molecular flexibility index (Phi) is 4.55. The highest BCUT2D eigenvalue weighted by Gasteiger charge is 2.36. The fourth-order valence-corrected chi connectivity index (χ4v) is 5.12. The van der Waals surface area contributed by atoms with Crippen molar-refractivity contribution in [3.8, 4) is 0 Å². The Labute approximate surface area is 117 Å². The van der Waals surface area contributed by atoms with Gasteiger partial charge in [-0.25, -0.2) is 0 Å². The summed E-state index contributed by atoms with van der Waals surface area (Å²) in [6.45, 7) is 9.33. The second-order valence-electron chi connectivity index (χ2n) is 6.68. The first-order valence-corrected chi connectivity index (χ1v) is 8.74. The molecule has 2 N–H and O–H groups in total. The van der Waals surface area contributed by atoms with E-state index in [1.165, 1.54) is 0 Å². The lowest BCUT2D eigenvalue weighted by atomic mass is 9.92. The van der Waals surface area contributed by atoms with Gasteiger partial charge >= 0.3 is 0 Å². The summed E-state index contributed by atoms with van der Waals surface area (Å²) in [5.74, 6) is 0.891. The van der Waals surface area contributed by atoms with Crippen LogP contribution in [0.4, 0.5) is 0 Å². The van der Waals surface area contributed by atoms with E-state index in [4.69, 9.17) is 0 Å². The molecule has 0 aromatic rings. The molecular formula is C13H27N3O2S. The molecule has 0 bridgehead atoms. The molecule has 2 saturated heterocycles. The lowest BCUT2D eigenvalue weighted by Gasteiger charge is -2.39. The van der Waals surface area contributed by atoms with Crippen molar-refractivity contribution in [1.29, 1.82) is 0 Å². The van der Waals surface area contributed by atoms with Crippen LogP contribution in [0, 0.1) is 11.8 Å². The first-order valence-electron chi connectivity index (χ1n) is 7.30. The minimum Gasteiger partial charge on any atom is -0.317 e. The highest BCUT2D eigenvalue weighted by Crippen LogP contribution is 2.25. The van der Waals surface area contributed by atoms with Crippen molar-refractivity contribution >= 4 is 10.2 Å². The first-order chi connectivity index (χ1) is 8.81. The first kappa shape index (κ1) is 15.2. The van der Waals surface area contributed by atoms with Crippen molar-refractivity contribution in [2.45, 2.75) is 45.6 Å². The lowest BCUT2D eigenvalue weighted by Crippen LogP contribution is -2.57. The summed E-state index contributed by atoms with van der Waals surface area (Å²) in [7, 11) is -3.35. The lowest BCUT2D eigenvalue weighted by molar-refractivity contribution is 0.213. The largest absolute Gasteiger partial charge is 0.317 e. The smallest absolute Gasteiger partial charge is 0.279 e. The third-order valence-corrected chi connectivity index (χ3v) is 5.99. The zero-order valence-electron chi connectivity index (χ0n) is 12.3. The minimum atomic E-state index is -3.35. The van der Waals surface area contributed by atoms with E-state index >= 15 is 0 Å². The summed E-state index contributed by atoms with van der Waals surface area (Å²) in [5.41, 5.74) is -0.298. The molecular weight excluding hydrogens is 262 g/mol. The predicted octanol–water partition coefficient (Wildman–Crippen LogP) is 0.941. The van der Waals surface area contributed by atoms with Crippen LogP contribution in [0.3, 0.4) is 0 Å². The Bertz CT molecular complexity index is 394. The van der Waals surface area contributed by atoms with Crippen molar-refractivity contribution in [3.63, 3.8) is 0 Å². The number of nitrogens with zero attached hydrogens (tertiary/aromatic N) is 1. The quantitative estimate of drug-likeness (QED) is 0.813. The van der Waals surface area contributed by atoms with E-state index in [0.29, 0.717) is 24.9 Å². The molecule has 19 heavy (non-hydrogen) atoms. The molecule has 0 aliphatic carbocycles. The van der Waals surface area contributed by atoms with Gasteiger partial charge in [-0.2, -0.15) is 17.4 Å². The third-order valence-electron chi connectivity index (χ3n) is 4.26. The second kappa shape index (κ2) is 5.68. The third kappa shape index (κ3) is 3.90. The average molecular weight is 289 g/mol. The maximum atomic E-state index is 12.5. The summed E-state index contributed by atoms with van der Waals surface area (Å²) in [4.78, 5) is 0. The maximum absolute atomic E-state index is 12.5. The highest BCUT2D eigenvalue weighted by atomic mass is 32.2. The summed E-state index contributed by atoms with van der Waals surface area (Å²) < 4.78 is 29.7. The standard InChI is InChI=1S/C13H27N3O2S/c1-11-8-12(2)10-16(9-11)19(17,18)15-13(3)4-6-14-7-5-13/h11-12,14-15H,4-10H2,1-3H3. The zero-order valence-corrected chi connectivity index (χ0v) is 13.1. The van der Waals surface area contributed by atoms with E-state index in [1.807, 2.05) is 6.92 Å². The highest BCUT2D eigenvalue weighted by molar-refractivity contribution is 7.87. The van der Waals surface area contributed by atoms with E-state index in [1.54, 1.807) is 4.31 Å². The van der Waals surface area contributed by atoms with Crippen molar-refractivity contribution in [1.82, 2.24) is 14.3 Å². The van der Waals surface area contributed by atoms with Crippen molar-refractivity contribution in [2.24, 2.45) is 11.8 Å². The fourth-order valence-electron chi connectivity index (χ4n) is 3.26. The summed E-state index contributed by atoms with van der Waals surface area (Å²) in [6, 6.07) is 0. The Morgan fingerprint density at radius 1 is 1.16 bits per heavy atom. The SMILES string of the molecule is CC1CC(C)CN(S(=O)(=O)NC2(C)CCNCC2)C1. The van der Waals surface area contributed by atoms with E-state index < -0.39 is 10.2 Å². The van der Waals surface area contributed by atoms with Crippen LogP contribution < -0.4 is 10.0 Å². The molecule has 2 rings (SSSR count). The van der Waals surface area contributed by atoms with Crippen LogP contribution in [-0.2, 0) is 10.2 Å². The van der Waals surface area contributed by atoms with E-state index in [-0.39, 0.29) is 5.54 Å². The number of rotatable bonds is 3. The number of piperidine rings is 2. The van der Waals surface area contributed by atoms with Crippen LogP contribution >= 0.6 is 0 Å². The molecule has 2 aliphatic heterocycles. The average Bonchev–Trinajstić information content (AvgIpc) is 2.27. The predicted molar refractivity (Wildman–Crippen MR) is 77.1 cm³/mol. The number of hydrogen-bond donors (Lipinski definition) is 2. The molecule has 2 unspecified atom stereocenters. The van der Waals surface area contributed by atoms with Crippen LogP contribution in [0.15, 0.2) is 0 Å². The molecule has 112 valence electrons. The number of nitrogens with one attached hydrogen (secondary N) is 2. The zero-order chi connectivity index (χ0) is 14.1. The van der Waals surface area contributed by atoms with Gasteiger partial charge in [0.05, 0.1) is 0 Å². The Morgan fingerprint density at radius 3 is 2.21 bits per heavy atom. The molecule has 0 radical (unpaired) electrons. The molecule has 0 aromatic heterocycles. The molecule has 2 atom stereocenters. The van der Waals surface area contributed by atoms with E-state index in [2.05, 4.69) is 23.9 Å². The fraction of sp³-hybridized carbons (Fsp3) is 1.00. The monoisotopic (exact) mass is 289 g/mol. The van der Waals surface area contributed by atoms with Crippen LogP contribution in [-0.4, -0.2) is 44.4 Å². The van der Waals surface area contributed by atoms with Crippen LogP contribution in [0.5, 0.6) is 0 Å². The summed E-state index contributed by atoms with van der Waals surface area (Å²) in [5, 5.41) is 3.27.